The van der Waals surface area contributed by atoms with Crippen molar-refractivity contribution < 1.29 is 4.79 Å². The first kappa shape index (κ1) is 21.6. The summed E-state index contributed by atoms with van der Waals surface area (Å²) in [6.45, 7) is 6.42. The van der Waals surface area contributed by atoms with E-state index >= 15 is 0 Å². The molecule has 8 nitrogen and oxygen atoms in total. The summed E-state index contributed by atoms with van der Waals surface area (Å²) in [6, 6.07) is 18.1. The van der Waals surface area contributed by atoms with Gasteiger partial charge in [0, 0.05) is 62.8 Å². The summed E-state index contributed by atoms with van der Waals surface area (Å²) in [5.74, 6) is 1.39. The van der Waals surface area contributed by atoms with E-state index in [2.05, 4.69) is 67.0 Å². The van der Waals surface area contributed by atoms with E-state index in [9.17, 15) is 4.79 Å². The van der Waals surface area contributed by atoms with Crippen LogP contribution in [0.4, 0.5) is 28.7 Å². The van der Waals surface area contributed by atoms with Crippen LogP contribution in [0.5, 0.6) is 0 Å². The lowest BCUT2D eigenvalue weighted by atomic mass is 10.2. The van der Waals surface area contributed by atoms with Gasteiger partial charge >= 0.3 is 0 Å². The van der Waals surface area contributed by atoms with E-state index in [0.717, 1.165) is 54.8 Å². The van der Waals surface area contributed by atoms with Crippen molar-refractivity contribution in [2.75, 3.05) is 54.1 Å². The van der Waals surface area contributed by atoms with E-state index < -0.39 is 0 Å². The van der Waals surface area contributed by atoms with E-state index in [0.29, 0.717) is 6.54 Å². The maximum absolute atomic E-state index is 11.1. The molecule has 0 radical (unpaired) electrons. The lowest BCUT2D eigenvalue weighted by Crippen LogP contribution is -2.44. The molecule has 0 saturated carbocycles. The number of hydrogen-bond acceptors (Lipinski definition) is 7. The molecule has 1 amide bonds. The van der Waals surface area contributed by atoms with Crippen molar-refractivity contribution >= 4 is 34.6 Å². The van der Waals surface area contributed by atoms with Gasteiger partial charge in [0.05, 0.1) is 0 Å². The van der Waals surface area contributed by atoms with Gasteiger partial charge in [-0.1, -0.05) is 12.1 Å². The van der Waals surface area contributed by atoms with Gasteiger partial charge in [-0.15, -0.1) is 0 Å². The fourth-order valence-corrected chi connectivity index (χ4v) is 3.59. The van der Waals surface area contributed by atoms with Crippen molar-refractivity contribution in [2.45, 2.75) is 13.5 Å². The molecule has 1 aliphatic rings. The van der Waals surface area contributed by atoms with Gasteiger partial charge in [-0.25, -0.2) is 9.97 Å². The van der Waals surface area contributed by atoms with E-state index in [4.69, 9.17) is 0 Å². The van der Waals surface area contributed by atoms with Gasteiger partial charge in [0.1, 0.15) is 18.0 Å². The van der Waals surface area contributed by atoms with Gasteiger partial charge in [-0.2, -0.15) is 0 Å². The zero-order valence-corrected chi connectivity index (χ0v) is 18.5. The topological polar surface area (TPSA) is 85.4 Å². The lowest BCUT2D eigenvalue weighted by molar-refractivity contribution is -0.114. The second kappa shape index (κ2) is 10.1. The summed E-state index contributed by atoms with van der Waals surface area (Å²) in [6.07, 6.45) is 1.54. The smallest absolute Gasteiger partial charge is 0.221 e. The minimum atomic E-state index is -0.0779. The highest BCUT2D eigenvalue weighted by Gasteiger charge is 2.14. The van der Waals surface area contributed by atoms with Gasteiger partial charge in [-0.3, -0.25) is 4.79 Å². The minimum Gasteiger partial charge on any atom is -0.369 e. The summed E-state index contributed by atoms with van der Waals surface area (Å²) in [4.78, 5) is 24.5. The van der Waals surface area contributed by atoms with Crippen molar-refractivity contribution in [3.8, 4) is 0 Å². The Balaban J connectivity index is 1.32. The maximum atomic E-state index is 11.1. The summed E-state index contributed by atoms with van der Waals surface area (Å²) in [5.41, 5.74) is 4.11. The van der Waals surface area contributed by atoms with E-state index in [1.165, 1.54) is 12.6 Å². The van der Waals surface area contributed by atoms with Crippen molar-refractivity contribution in [3.05, 3.63) is 66.5 Å². The first-order valence-electron chi connectivity index (χ1n) is 10.8. The molecule has 4 rings (SSSR count). The Labute approximate surface area is 188 Å². The quantitative estimate of drug-likeness (QED) is 0.528. The molecule has 0 spiro atoms. The monoisotopic (exact) mass is 431 g/mol. The molecule has 8 heteroatoms. The largest absolute Gasteiger partial charge is 0.369 e. The number of piperazine rings is 1. The second-order valence-electron chi connectivity index (χ2n) is 7.98. The van der Waals surface area contributed by atoms with Crippen LogP contribution in [0.3, 0.4) is 0 Å². The zero-order chi connectivity index (χ0) is 22.3. The number of carbonyl (C=O) groups excluding carboxylic acids is 1. The Bertz CT molecular complexity index is 1030. The maximum Gasteiger partial charge on any atom is 0.221 e. The van der Waals surface area contributed by atoms with Crippen LogP contribution in [0.2, 0.25) is 0 Å². The van der Waals surface area contributed by atoms with Crippen LogP contribution in [0, 0.1) is 0 Å². The summed E-state index contributed by atoms with van der Waals surface area (Å²) < 4.78 is 0. The van der Waals surface area contributed by atoms with Crippen LogP contribution in [0.15, 0.2) is 60.9 Å². The number of benzene rings is 2. The molecular formula is C24H29N7O. The highest BCUT2D eigenvalue weighted by molar-refractivity contribution is 5.88. The molecule has 1 aromatic heterocycles. The van der Waals surface area contributed by atoms with E-state index in [1.807, 2.05) is 30.3 Å². The average Bonchev–Trinajstić information content (AvgIpc) is 2.80. The van der Waals surface area contributed by atoms with Crippen molar-refractivity contribution in [1.82, 2.24) is 14.9 Å². The molecule has 0 atom stereocenters. The van der Waals surface area contributed by atoms with Crippen LogP contribution in [-0.2, 0) is 11.3 Å². The van der Waals surface area contributed by atoms with Gasteiger partial charge in [0.15, 0.2) is 0 Å². The number of amides is 1. The van der Waals surface area contributed by atoms with Crippen LogP contribution >= 0.6 is 0 Å². The third kappa shape index (κ3) is 5.95. The molecule has 1 saturated heterocycles. The zero-order valence-electron chi connectivity index (χ0n) is 18.5. The van der Waals surface area contributed by atoms with Crippen molar-refractivity contribution in [3.63, 3.8) is 0 Å². The molecular weight excluding hydrogens is 402 g/mol. The molecule has 1 aliphatic heterocycles. The van der Waals surface area contributed by atoms with Crippen LogP contribution in [-0.4, -0.2) is 54.0 Å². The summed E-state index contributed by atoms with van der Waals surface area (Å²) in [5, 5.41) is 9.43. The number of rotatable bonds is 7. The first-order valence-corrected chi connectivity index (χ1v) is 10.8. The lowest BCUT2D eigenvalue weighted by Gasteiger charge is -2.34. The van der Waals surface area contributed by atoms with Crippen LogP contribution < -0.4 is 20.9 Å². The standard InChI is InChI=1S/C24H29N7O/c1-18(32)28-20-5-3-19(4-6-20)16-25-23-15-24(27-17-26-23)29-21-7-9-22(10-8-21)31-13-11-30(2)12-14-31/h3-10,15,17H,11-14,16H2,1-2H3,(H,28,32)(H2,25,26,27,29). The number of carbonyl (C=O) groups is 1. The number of nitrogens with one attached hydrogen (secondary N) is 3. The van der Waals surface area contributed by atoms with Gasteiger partial charge < -0.3 is 25.8 Å². The number of anilines is 5. The molecule has 0 unspecified atom stereocenters. The fraction of sp³-hybridized carbons (Fsp3) is 0.292. The number of likely N-dealkylation sites (N-methyl/N-ethyl adjacent to an activating group) is 1. The van der Waals surface area contributed by atoms with Crippen LogP contribution in [0.25, 0.3) is 0 Å². The molecule has 2 heterocycles. The molecule has 3 N–H and O–H groups in total. The molecule has 32 heavy (non-hydrogen) atoms. The third-order valence-electron chi connectivity index (χ3n) is 5.42. The SMILES string of the molecule is CC(=O)Nc1ccc(CNc2cc(Nc3ccc(N4CCN(C)CC4)cc3)ncn2)cc1. The van der Waals surface area contributed by atoms with Crippen LogP contribution in [0.1, 0.15) is 12.5 Å². The Morgan fingerprint density at radius 3 is 2.25 bits per heavy atom. The molecule has 0 aliphatic carbocycles. The third-order valence-corrected chi connectivity index (χ3v) is 5.42. The Morgan fingerprint density at radius 1 is 0.906 bits per heavy atom. The predicted octanol–water partition coefficient (Wildman–Crippen LogP) is 3.54. The van der Waals surface area contributed by atoms with Crippen molar-refractivity contribution in [2.24, 2.45) is 0 Å². The predicted molar refractivity (Wildman–Crippen MR) is 130 cm³/mol. The molecule has 166 valence electrons. The first-order chi connectivity index (χ1) is 15.5. The highest BCUT2D eigenvalue weighted by atomic mass is 16.1. The Morgan fingerprint density at radius 2 is 1.56 bits per heavy atom. The Kier molecular flexibility index (Phi) is 6.81. The molecule has 3 aromatic rings. The molecule has 2 aromatic carbocycles. The highest BCUT2D eigenvalue weighted by Crippen LogP contribution is 2.22. The van der Waals surface area contributed by atoms with E-state index in [-0.39, 0.29) is 5.91 Å². The van der Waals surface area contributed by atoms with E-state index in [1.54, 1.807) is 6.33 Å². The minimum absolute atomic E-state index is 0.0779. The summed E-state index contributed by atoms with van der Waals surface area (Å²) in [7, 11) is 2.17. The second-order valence-corrected chi connectivity index (χ2v) is 7.98. The van der Waals surface area contributed by atoms with Crippen molar-refractivity contribution in [1.29, 1.82) is 0 Å². The average molecular weight is 432 g/mol. The van der Waals surface area contributed by atoms with Gasteiger partial charge in [-0.05, 0) is 49.0 Å². The summed E-state index contributed by atoms with van der Waals surface area (Å²) >= 11 is 0. The number of aromatic nitrogens is 2. The number of nitrogens with zero attached hydrogens (tertiary/aromatic N) is 4. The normalized spacial score (nSPS) is 14.1. The molecule has 0 bridgehead atoms. The molecule has 1 fully saturated rings. The number of hydrogen-bond donors (Lipinski definition) is 3. The van der Waals surface area contributed by atoms with Gasteiger partial charge in [0.25, 0.3) is 0 Å². The van der Waals surface area contributed by atoms with Gasteiger partial charge in [0.2, 0.25) is 5.91 Å². The Hall–Kier alpha value is -3.65. The fourth-order valence-electron chi connectivity index (χ4n) is 3.59.